The van der Waals surface area contributed by atoms with Crippen LogP contribution in [-0.4, -0.2) is 48.7 Å². The van der Waals surface area contributed by atoms with Gasteiger partial charge in [-0.05, 0) is 43.0 Å². The lowest BCUT2D eigenvalue weighted by Gasteiger charge is -2.34. The summed E-state index contributed by atoms with van der Waals surface area (Å²) in [6.07, 6.45) is 2.52. The number of hydrogen-bond donors (Lipinski definition) is 0. The van der Waals surface area contributed by atoms with Gasteiger partial charge in [-0.1, -0.05) is 35.9 Å². The van der Waals surface area contributed by atoms with E-state index in [9.17, 15) is 4.79 Å². The maximum atomic E-state index is 12.5. The second-order valence-corrected chi connectivity index (χ2v) is 7.68. The largest absolute Gasteiger partial charge is 0.454 e. The van der Waals surface area contributed by atoms with Gasteiger partial charge >= 0.3 is 0 Å². The zero-order valence-electron chi connectivity index (χ0n) is 16.5. The van der Waals surface area contributed by atoms with E-state index in [0.29, 0.717) is 13.2 Å². The van der Waals surface area contributed by atoms with Crippen molar-refractivity contribution >= 4 is 5.91 Å². The van der Waals surface area contributed by atoms with Crippen LogP contribution < -0.4 is 9.47 Å². The second-order valence-electron chi connectivity index (χ2n) is 7.68. The number of carbonyl (C=O) groups excluding carboxylic acids is 1. The molecule has 2 aromatic carbocycles. The molecular weight excluding hydrogens is 352 g/mol. The molecule has 5 heteroatoms. The third-order valence-electron chi connectivity index (χ3n) is 5.54. The molecular formula is C23H28N2O3. The number of amides is 1. The first-order chi connectivity index (χ1) is 13.7. The van der Waals surface area contributed by atoms with Crippen molar-refractivity contribution in [3.63, 3.8) is 0 Å². The Balaban J connectivity index is 1.19. The van der Waals surface area contributed by atoms with Gasteiger partial charge < -0.3 is 14.4 Å². The molecule has 0 atom stereocenters. The Bertz CT molecular complexity index is 811. The quantitative estimate of drug-likeness (QED) is 0.770. The van der Waals surface area contributed by atoms with Gasteiger partial charge in [-0.15, -0.1) is 0 Å². The minimum Gasteiger partial charge on any atom is -0.454 e. The molecule has 0 aromatic heterocycles. The molecule has 1 saturated heterocycles. The summed E-state index contributed by atoms with van der Waals surface area (Å²) in [5, 5.41) is 0. The minimum absolute atomic E-state index is 0.287. The summed E-state index contributed by atoms with van der Waals surface area (Å²) in [5.74, 6) is 1.94. The van der Waals surface area contributed by atoms with E-state index in [0.717, 1.165) is 57.1 Å². The van der Waals surface area contributed by atoms with Crippen molar-refractivity contribution in [3.05, 3.63) is 59.2 Å². The molecule has 0 aliphatic carbocycles. The van der Waals surface area contributed by atoms with Gasteiger partial charge in [-0.2, -0.15) is 0 Å². The van der Waals surface area contributed by atoms with E-state index in [4.69, 9.17) is 9.47 Å². The predicted molar refractivity (Wildman–Crippen MR) is 109 cm³/mol. The van der Waals surface area contributed by atoms with Crippen molar-refractivity contribution < 1.29 is 14.3 Å². The highest BCUT2D eigenvalue weighted by Gasteiger charge is 2.21. The molecule has 4 rings (SSSR count). The van der Waals surface area contributed by atoms with E-state index in [1.165, 1.54) is 16.7 Å². The van der Waals surface area contributed by atoms with Crippen molar-refractivity contribution in [2.24, 2.45) is 0 Å². The van der Waals surface area contributed by atoms with Crippen LogP contribution in [-0.2, 0) is 17.8 Å². The molecule has 0 radical (unpaired) electrons. The first-order valence-corrected chi connectivity index (χ1v) is 10.1. The Morgan fingerprint density at radius 3 is 2.43 bits per heavy atom. The topological polar surface area (TPSA) is 42.0 Å². The van der Waals surface area contributed by atoms with Crippen LogP contribution in [0.3, 0.4) is 0 Å². The number of nitrogens with zero attached hydrogens (tertiary/aromatic N) is 2. The van der Waals surface area contributed by atoms with Gasteiger partial charge in [0.2, 0.25) is 12.7 Å². The summed E-state index contributed by atoms with van der Waals surface area (Å²) < 4.78 is 10.8. The Kier molecular flexibility index (Phi) is 5.81. The monoisotopic (exact) mass is 380 g/mol. The van der Waals surface area contributed by atoms with E-state index in [1.807, 2.05) is 11.0 Å². The Morgan fingerprint density at radius 2 is 1.64 bits per heavy atom. The van der Waals surface area contributed by atoms with Crippen LogP contribution >= 0.6 is 0 Å². The third-order valence-corrected chi connectivity index (χ3v) is 5.54. The van der Waals surface area contributed by atoms with E-state index < -0.39 is 0 Å². The number of ether oxygens (including phenoxy) is 2. The summed E-state index contributed by atoms with van der Waals surface area (Å²) >= 11 is 0. The van der Waals surface area contributed by atoms with Crippen LogP contribution in [0.5, 0.6) is 11.5 Å². The Morgan fingerprint density at radius 1 is 0.929 bits per heavy atom. The lowest BCUT2D eigenvalue weighted by atomic mass is 10.1. The van der Waals surface area contributed by atoms with Crippen molar-refractivity contribution in [3.8, 4) is 11.5 Å². The van der Waals surface area contributed by atoms with Crippen molar-refractivity contribution in [2.75, 3.05) is 33.0 Å². The molecule has 2 aliphatic heterocycles. The molecule has 1 fully saturated rings. The van der Waals surface area contributed by atoms with Crippen LogP contribution in [0.25, 0.3) is 0 Å². The van der Waals surface area contributed by atoms with Crippen molar-refractivity contribution in [2.45, 2.75) is 32.7 Å². The molecule has 0 spiro atoms. The zero-order chi connectivity index (χ0) is 19.3. The zero-order valence-corrected chi connectivity index (χ0v) is 16.5. The molecule has 0 unspecified atom stereocenters. The number of carbonyl (C=O) groups is 1. The van der Waals surface area contributed by atoms with E-state index >= 15 is 0 Å². The molecule has 5 nitrogen and oxygen atoms in total. The van der Waals surface area contributed by atoms with Gasteiger partial charge in [-0.3, -0.25) is 9.69 Å². The van der Waals surface area contributed by atoms with Crippen LogP contribution in [0.2, 0.25) is 0 Å². The lowest BCUT2D eigenvalue weighted by Crippen LogP contribution is -2.48. The smallest absolute Gasteiger partial charge is 0.231 e. The summed E-state index contributed by atoms with van der Waals surface area (Å²) in [6, 6.07) is 14.7. The lowest BCUT2D eigenvalue weighted by molar-refractivity contribution is -0.133. The standard InChI is InChI=1S/C23H28N2O3/c1-18-5-7-19(8-6-18)3-2-4-23(26)25-13-11-24(12-14-25)16-20-9-10-21-22(15-20)28-17-27-21/h5-10,15H,2-4,11-14,16-17H2,1H3. The second kappa shape index (κ2) is 8.65. The number of fused-ring (bicyclic) bond motifs is 1. The minimum atomic E-state index is 0.287. The first kappa shape index (κ1) is 18.8. The average molecular weight is 380 g/mol. The highest BCUT2D eigenvalue weighted by atomic mass is 16.7. The SMILES string of the molecule is Cc1ccc(CCCC(=O)N2CCN(Cc3ccc4c(c3)OCO4)CC2)cc1. The summed E-state index contributed by atoms with van der Waals surface area (Å²) in [7, 11) is 0. The predicted octanol–water partition coefficient (Wildman–Crippen LogP) is 3.39. The summed E-state index contributed by atoms with van der Waals surface area (Å²) in [6.45, 7) is 6.74. The fourth-order valence-corrected chi connectivity index (χ4v) is 3.81. The van der Waals surface area contributed by atoms with E-state index in [-0.39, 0.29) is 5.91 Å². The van der Waals surface area contributed by atoms with Gasteiger partial charge in [0.1, 0.15) is 0 Å². The van der Waals surface area contributed by atoms with Gasteiger partial charge in [0, 0.05) is 39.1 Å². The summed E-state index contributed by atoms with van der Waals surface area (Å²) in [5.41, 5.74) is 3.81. The molecule has 2 aliphatic rings. The van der Waals surface area contributed by atoms with Gasteiger partial charge in [0.15, 0.2) is 11.5 Å². The number of aryl methyl sites for hydroxylation is 2. The molecule has 148 valence electrons. The maximum Gasteiger partial charge on any atom is 0.231 e. The van der Waals surface area contributed by atoms with Crippen LogP contribution in [0, 0.1) is 6.92 Å². The average Bonchev–Trinajstić information content (AvgIpc) is 3.18. The normalized spacial score (nSPS) is 16.4. The molecule has 0 saturated carbocycles. The molecule has 0 N–H and O–H groups in total. The number of piperazine rings is 1. The fraction of sp³-hybridized carbons (Fsp3) is 0.435. The Hall–Kier alpha value is -2.53. The van der Waals surface area contributed by atoms with Crippen molar-refractivity contribution in [1.82, 2.24) is 9.80 Å². The highest BCUT2D eigenvalue weighted by molar-refractivity contribution is 5.76. The maximum absolute atomic E-state index is 12.5. The molecule has 2 heterocycles. The molecule has 0 bridgehead atoms. The number of hydrogen-bond acceptors (Lipinski definition) is 4. The van der Waals surface area contributed by atoms with Crippen LogP contribution in [0.1, 0.15) is 29.5 Å². The van der Waals surface area contributed by atoms with E-state index in [1.54, 1.807) is 0 Å². The molecule has 2 aromatic rings. The highest BCUT2D eigenvalue weighted by Crippen LogP contribution is 2.32. The first-order valence-electron chi connectivity index (χ1n) is 10.1. The molecule has 28 heavy (non-hydrogen) atoms. The third kappa shape index (κ3) is 4.65. The van der Waals surface area contributed by atoms with Crippen molar-refractivity contribution in [1.29, 1.82) is 0 Å². The summed E-state index contributed by atoms with van der Waals surface area (Å²) in [4.78, 5) is 16.9. The molecule has 1 amide bonds. The van der Waals surface area contributed by atoms with Gasteiger partial charge in [0.25, 0.3) is 0 Å². The number of rotatable bonds is 6. The van der Waals surface area contributed by atoms with Crippen LogP contribution in [0.4, 0.5) is 0 Å². The van der Waals surface area contributed by atoms with Gasteiger partial charge in [0.05, 0.1) is 0 Å². The van der Waals surface area contributed by atoms with E-state index in [2.05, 4.69) is 48.2 Å². The number of benzene rings is 2. The van der Waals surface area contributed by atoms with Gasteiger partial charge in [-0.25, -0.2) is 0 Å². The van der Waals surface area contributed by atoms with Crippen LogP contribution in [0.15, 0.2) is 42.5 Å². The Labute approximate surface area is 166 Å². The fourth-order valence-electron chi connectivity index (χ4n) is 3.81.